The number of amides is 1. The summed E-state index contributed by atoms with van der Waals surface area (Å²) < 4.78 is 20.8. The lowest BCUT2D eigenvalue weighted by Crippen LogP contribution is -2.41. The van der Waals surface area contributed by atoms with Crippen molar-refractivity contribution in [3.05, 3.63) is 132 Å². The second-order valence-electron chi connectivity index (χ2n) is 9.44. The van der Waals surface area contributed by atoms with Gasteiger partial charge in [0.25, 0.3) is 11.5 Å². The van der Waals surface area contributed by atoms with Gasteiger partial charge in [0.1, 0.15) is 10.3 Å². The van der Waals surface area contributed by atoms with Gasteiger partial charge in [-0.25, -0.2) is 14.2 Å². The molecule has 0 radical (unpaired) electrons. The summed E-state index contributed by atoms with van der Waals surface area (Å²) in [5.41, 5.74) is 3.30. The van der Waals surface area contributed by atoms with Crippen LogP contribution in [0.2, 0.25) is 0 Å². The van der Waals surface area contributed by atoms with E-state index in [-0.39, 0.29) is 22.6 Å². The van der Waals surface area contributed by atoms with Gasteiger partial charge < -0.3 is 9.64 Å². The van der Waals surface area contributed by atoms with Gasteiger partial charge in [0, 0.05) is 5.56 Å². The lowest BCUT2D eigenvalue weighted by Gasteiger charge is -2.24. The molecule has 40 heavy (non-hydrogen) atoms. The molecule has 0 bridgehead atoms. The fourth-order valence-corrected chi connectivity index (χ4v) is 6.36. The minimum absolute atomic E-state index is 0.142. The Bertz CT molecular complexity index is 1870. The zero-order valence-electron chi connectivity index (χ0n) is 21.8. The Kier molecular flexibility index (Phi) is 6.51. The van der Waals surface area contributed by atoms with Crippen molar-refractivity contribution < 1.29 is 18.7 Å². The Morgan fingerprint density at radius 2 is 1.70 bits per heavy atom. The first kappa shape index (κ1) is 25.6. The van der Waals surface area contributed by atoms with E-state index in [9.17, 15) is 18.8 Å². The largest absolute Gasteiger partial charge is 0.463 e. The summed E-state index contributed by atoms with van der Waals surface area (Å²) >= 11 is 1.11. The van der Waals surface area contributed by atoms with Crippen LogP contribution < -0.4 is 19.8 Å². The average Bonchev–Trinajstić information content (AvgIpc) is 3.41. The van der Waals surface area contributed by atoms with Gasteiger partial charge in [-0.3, -0.25) is 14.2 Å². The monoisotopic (exact) mass is 553 g/mol. The first-order chi connectivity index (χ1) is 19.4. The molecule has 1 amide bonds. The summed E-state index contributed by atoms with van der Waals surface area (Å²) in [5, 5.41) is 0. The molecule has 0 unspecified atom stereocenters. The molecule has 3 aromatic carbocycles. The number of fused-ring (bicyclic) bond motifs is 2. The van der Waals surface area contributed by atoms with E-state index >= 15 is 0 Å². The highest BCUT2D eigenvalue weighted by molar-refractivity contribution is 7.07. The van der Waals surface area contributed by atoms with Crippen LogP contribution in [0.15, 0.2) is 99.9 Å². The van der Waals surface area contributed by atoms with Crippen LogP contribution in [0.4, 0.5) is 10.1 Å². The van der Waals surface area contributed by atoms with Crippen LogP contribution >= 0.6 is 11.3 Å². The van der Waals surface area contributed by atoms with Gasteiger partial charge in [-0.15, -0.1) is 0 Å². The molecule has 6 rings (SSSR count). The third kappa shape index (κ3) is 4.19. The van der Waals surface area contributed by atoms with Crippen molar-refractivity contribution in [3.63, 3.8) is 0 Å². The number of thiazole rings is 1. The van der Waals surface area contributed by atoms with Gasteiger partial charge in [-0.1, -0.05) is 72.0 Å². The summed E-state index contributed by atoms with van der Waals surface area (Å²) in [6.45, 7) is 3.87. The van der Waals surface area contributed by atoms with Crippen LogP contribution in [0.5, 0.6) is 0 Å². The third-order valence-corrected chi connectivity index (χ3v) is 8.07. The minimum Gasteiger partial charge on any atom is -0.463 e. The predicted molar refractivity (Wildman–Crippen MR) is 150 cm³/mol. The van der Waals surface area contributed by atoms with Crippen LogP contribution in [0.3, 0.4) is 0 Å². The predicted octanol–water partition coefficient (Wildman–Crippen LogP) is 3.85. The highest BCUT2D eigenvalue weighted by Gasteiger charge is 2.37. The Labute approximate surface area is 232 Å². The average molecular weight is 554 g/mol. The van der Waals surface area contributed by atoms with Gasteiger partial charge >= 0.3 is 5.97 Å². The standard InChI is InChI=1S/C31H24FN3O4S/c1-3-39-30(38)24-18(2)33-31-35(26(24)20-13-15-21(32)16-14-20)29(37)27(40-31)25-22-11-7-8-12-23(22)34(28(25)36)17-19-9-5-4-6-10-19/h4-16,26H,3,17H2,1-2H3/b27-25-/t26-/m0/s1. The Morgan fingerprint density at radius 1 is 1.00 bits per heavy atom. The van der Waals surface area contributed by atoms with Gasteiger partial charge in [0.05, 0.1) is 41.7 Å². The van der Waals surface area contributed by atoms with Crippen LogP contribution in [0.1, 0.15) is 36.6 Å². The van der Waals surface area contributed by atoms with Crippen molar-refractivity contribution in [1.29, 1.82) is 0 Å². The molecule has 0 saturated heterocycles. The number of benzene rings is 3. The Hall–Kier alpha value is -4.63. The molecule has 0 N–H and O–H groups in total. The van der Waals surface area contributed by atoms with E-state index in [1.807, 2.05) is 54.6 Å². The number of nitrogens with zero attached hydrogens (tertiary/aromatic N) is 3. The molecule has 2 aliphatic heterocycles. The van der Waals surface area contributed by atoms with Gasteiger partial charge in [-0.2, -0.15) is 0 Å². The van der Waals surface area contributed by atoms with E-state index in [1.54, 1.807) is 18.7 Å². The molecule has 200 valence electrons. The number of anilines is 1. The summed E-state index contributed by atoms with van der Waals surface area (Å²) in [5.74, 6) is -1.33. The first-order valence-electron chi connectivity index (χ1n) is 12.8. The maximum absolute atomic E-state index is 14.2. The molecular weight excluding hydrogens is 529 g/mol. The number of aromatic nitrogens is 1. The van der Waals surface area contributed by atoms with E-state index < -0.39 is 23.4 Å². The third-order valence-electron chi connectivity index (χ3n) is 7.01. The van der Waals surface area contributed by atoms with E-state index in [4.69, 9.17) is 4.74 Å². The normalized spacial score (nSPS) is 17.4. The number of hydrogen-bond acceptors (Lipinski definition) is 6. The Balaban J connectivity index is 1.58. The number of carbonyl (C=O) groups is 2. The molecule has 0 saturated carbocycles. The molecular formula is C31H24FN3O4S. The molecule has 3 heterocycles. The maximum Gasteiger partial charge on any atom is 0.338 e. The molecule has 1 atom stereocenters. The maximum atomic E-state index is 14.2. The molecule has 2 aliphatic rings. The molecule has 0 aliphatic carbocycles. The molecule has 0 spiro atoms. The van der Waals surface area contributed by atoms with Gasteiger partial charge in [0.2, 0.25) is 0 Å². The van der Waals surface area contributed by atoms with Crippen LogP contribution in [-0.2, 0) is 20.9 Å². The molecule has 0 fully saturated rings. The van der Waals surface area contributed by atoms with Crippen LogP contribution in [0.25, 0.3) is 5.57 Å². The van der Waals surface area contributed by atoms with Gasteiger partial charge in [-0.05, 0) is 43.2 Å². The highest BCUT2D eigenvalue weighted by atomic mass is 32.1. The second-order valence-corrected chi connectivity index (χ2v) is 10.4. The number of hydrogen-bond donors (Lipinski definition) is 0. The number of ether oxygens (including phenoxy) is 1. The number of esters is 1. The van der Waals surface area contributed by atoms with Crippen molar-refractivity contribution in [1.82, 2.24) is 4.57 Å². The summed E-state index contributed by atoms with van der Waals surface area (Å²) in [4.78, 5) is 47.8. The summed E-state index contributed by atoms with van der Waals surface area (Å²) in [6.07, 6.45) is 0. The van der Waals surface area contributed by atoms with E-state index in [0.29, 0.717) is 33.7 Å². The van der Waals surface area contributed by atoms with E-state index in [2.05, 4.69) is 4.99 Å². The van der Waals surface area contributed by atoms with Gasteiger partial charge in [0.15, 0.2) is 4.80 Å². The van der Waals surface area contributed by atoms with Crippen molar-refractivity contribution in [3.8, 4) is 0 Å². The topological polar surface area (TPSA) is 81.0 Å². The number of halogens is 1. The number of carbonyl (C=O) groups excluding carboxylic acids is 2. The molecule has 4 aromatic rings. The van der Waals surface area contributed by atoms with E-state index in [1.165, 1.54) is 28.8 Å². The highest BCUT2D eigenvalue weighted by Crippen LogP contribution is 2.36. The zero-order chi connectivity index (χ0) is 28.0. The zero-order valence-corrected chi connectivity index (χ0v) is 22.6. The summed E-state index contributed by atoms with van der Waals surface area (Å²) in [6, 6.07) is 21.8. The molecule has 1 aromatic heterocycles. The molecule has 7 nitrogen and oxygen atoms in total. The van der Waals surface area contributed by atoms with Crippen molar-refractivity contribution in [2.75, 3.05) is 11.5 Å². The van der Waals surface area contributed by atoms with Crippen LogP contribution in [0, 0.1) is 5.82 Å². The van der Waals surface area contributed by atoms with Crippen molar-refractivity contribution >= 4 is 34.5 Å². The minimum atomic E-state index is -0.891. The van der Waals surface area contributed by atoms with E-state index in [0.717, 1.165) is 22.6 Å². The lowest BCUT2D eigenvalue weighted by molar-refractivity contribution is -0.139. The number of para-hydroxylation sites is 1. The number of allylic oxidation sites excluding steroid dienone is 1. The van der Waals surface area contributed by atoms with Crippen LogP contribution in [-0.4, -0.2) is 23.1 Å². The quantitative estimate of drug-likeness (QED) is 0.352. The van der Waals surface area contributed by atoms with Crippen molar-refractivity contribution in [2.45, 2.75) is 26.4 Å². The molecule has 9 heteroatoms. The SMILES string of the molecule is CCOC(=O)C1=C(C)N=c2s/c(=C3\C(=O)N(Cc4ccccc4)c4ccccc43)c(=O)n2[C@H]1c1ccc(F)cc1. The summed E-state index contributed by atoms with van der Waals surface area (Å²) in [7, 11) is 0. The number of rotatable bonds is 5. The van der Waals surface area contributed by atoms with Crippen molar-refractivity contribution in [2.24, 2.45) is 4.99 Å². The lowest BCUT2D eigenvalue weighted by atomic mass is 9.96. The fourth-order valence-electron chi connectivity index (χ4n) is 5.22. The second kappa shape index (κ2) is 10.2. The first-order valence-corrected chi connectivity index (χ1v) is 13.6. The smallest absolute Gasteiger partial charge is 0.338 e. The Morgan fingerprint density at radius 3 is 2.42 bits per heavy atom. The fraction of sp³-hybridized carbons (Fsp3) is 0.161.